The maximum absolute atomic E-state index is 11.9. The largest absolute Gasteiger partial charge is 0.343 e. The zero-order valence-corrected chi connectivity index (χ0v) is 8.18. The number of carbonyl (C=O) groups excluding carboxylic acids is 1. The number of fused-ring (bicyclic) bond motifs is 4. The lowest BCUT2D eigenvalue weighted by Crippen LogP contribution is -2.47. The molecular formula is C11H14O3. The number of Topliss-reactive ketones (excluding diaryl/α,β-unsaturated/α-hetero) is 1. The van der Waals surface area contributed by atoms with E-state index in [1.807, 2.05) is 0 Å². The summed E-state index contributed by atoms with van der Waals surface area (Å²) in [6.45, 7) is 2.70. The third-order valence-electron chi connectivity index (χ3n) is 3.62. The molecule has 2 saturated heterocycles. The molecule has 1 aliphatic carbocycles. The molecule has 3 aliphatic rings. The van der Waals surface area contributed by atoms with Crippen LogP contribution in [0, 0.1) is 17.8 Å². The van der Waals surface area contributed by atoms with E-state index in [1.54, 1.807) is 0 Å². The topological polar surface area (TPSA) is 35.5 Å². The van der Waals surface area contributed by atoms with Crippen molar-refractivity contribution in [1.82, 2.24) is 0 Å². The van der Waals surface area contributed by atoms with E-state index in [-0.39, 0.29) is 17.8 Å². The van der Waals surface area contributed by atoms with Crippen LogP contribution in [-0.2, 0) is 14.3 Å². The van der Waals surface area contributed by atoms with Gasteiger partial charge in [-0.15, -0.1) is 0 Å². The summed E-state index contributed by atoms with van der Waals surface area (Å²) >= 11 is 0. The molecule has 0 amide bonds. The molecule has 0 aromatic heterocycles. The van der Waals surface area contributed by atoms with Crippen molar-refractivity contribution in [2.75, 3.05) is 6.61 Å². The van der Waals surface area contributed by atoms with Gasteiger partial charge in [-0.1, -0.05) is 19.1 Å². The molecule has 2 fully saturated rings. The number of rotatable bonds is 0. The zero-order valence-electron chi connectivity index (χ0n) is 8.18. The van der Waals surface area contributed by atoms with Crippen LogP contribution in [0.1, 0.15) is 13.3 Å². The van der Waals surface area contributed by atoms with Gasteiger partial charge in [-0.25, -0.2) is 0 Å². The molecule has 0 saturated carbocycles. The van der Waals surface area contributed by atoms with Gasteiger partial charge in [0.2, 0.25) is 6.29 Å². The van der Waals surface area contributed by atoms with Crippen LogP contribution in [0.15, 0.2) is 12.2 Å². The van der Waals surface area contributed by atoms with Gasteiger partial charge in [-0.2, -0.15) is 0 Å². The lowest BCUT2D eigenvalue weighted by atomic mass is 9.71. The fourth-order valence-electron chi connectivity index (χ4n) is 2.91. The highest BCUT2D eigenvalue weighted by Gasteiger charge is 2.51. The predicted octanol–water partition coefficient (Wildman–Crippen LogP) is 1.14. The summed E-state index contributed by atoms with van der Waals surface area (Å²) in [4.78, 5) is 11.9. The normalized spacial score (nSPS) is 50.6. The van der Waals surface area contributed by atoms with Gasteiger partial charge in [-0.3, -0.25) is 4.79 Å². The van der Waals surface area contributed by atoms with Crippen LogP contribution >= 0.6 is 0 Å². The van der Waals surface area contributed by atoms with Crippen molar-refractivity contribution >= 4 is 5.78 Å². The van der Waals surface area contributed by atoms with Crippen molar-refractivity contribution in [3.05, 3.63) is 12.2 Å². The quantitative estimate of drug-likeness (QED) is 0.542. The van der Waals surface area contributed by atoms with Crippen molar-refractivity contribution in [2.24, 2.45) is 17.8 Å². The van der Waals surface area contributed by atoms with Gasteiger partial charge in [0.1, 0.15) is 0 Å². The van der Waals surface area contributed by atoms with Crippen molar-refractivity contribution in [3.63, 3.8) is 0 Å². The van der Waals surface area contributed by atoms with Gasteiger partial charge >= 0.3 is 0 Å². The number of allylic oxidation sites excluding steroid dienone is 2. The van der Waals surface area contributed by atoms with E-state index in [2.05, 4.69) is 19.1 Å². The van der Waals surface area contributed by atoms with Crippen molar-refractivity contribution in [1.29, 1.82) is 0 Å². The molecule has 0 N–H and O–H groups in total. The van der Waals surface area contributed by atoms with Gasteiger partial charge in [-0.05, 0) is 12.3 Å². The lowest BCUT2D eigenvalue weighted by molar-refractivity contribution is -0.168. The molecule has 3 rings (SSSR count). The fraction of sp³-hybridized carbons (Fsp3) is 0.727. The summed E-state index contributed by atoms with van der Waals surface area (Å²) in [6, 6.07) is 0. The first-order valence-corrected chi connectivity index (χ1v) is 5.25. The Bertz CT molecular complexity index is 297. The lowest BCUT2D eigenvalue weighted by Gasteiger charge is -2.38. The first-order valence-electron chi connectivity index (χ1n) is 5.25. The number of carbonyl (C=O) groups is 1. The Balaban J connectivity index is 1.97. The van der Waals surface area contributed by atoms with E-state index in [1.165, 1.54) is 0 Å². The summed E-state index contributed by atoms with van der Waals surface area (Å²) in [6.07, 6.45) is 4.86. The minimum Gasteiger partial charge on any atom is -0.343 e. The van der Waals surface area contributed by atoms with Crippen molar-refractivity contribution < 1.29 is 14.3 Å². The fourth-order valence-corrected chi connectivity index (χ4v) is 2.91. The van der Waals surface area contributed by atoms with E-state index in [0.29, 0.717) is 18.4 Å². The third kappa shape index (κ3) is 1.03. The first-order chi connectivity index (χ1) is 6.77. The Hall–Kier alpha value is -0.670. The second kappa shape index (κ2) is 2.91. The zero-order chi connectivity index (χ0) is 9.71. The molecule has 5 atom stereocenters. The predicted molar refractivity (Wildman–Crippen MR) is 49.5 cm³/mol. The Morgan fingerprint density at radius 1 is 1.50 bits per heavy atom. The van der Waals surface area contributed by atoms with Gasteiger partial charge in [0.25, 0.3) is 0 Å². The highest BCUT2D eigenvalue weighted by molar-refractivity contribution is 5.86. The number of ether oxygens (including phenoxy) is 2. The van der Waals surface area contributed by atoms with Crippen LogP contribution < -0.4 is 0 Å². The molecule has 14 heavy (non-hydrogen) atoms. The Morgan fingerprint density at radius 2 is 2.36 bits per heavy atom. The number of hydrogen-bond acceptors (Lipinski definition) is 3. The molecule has 2 heterocycles. The van der Waals surface area contributed by atoms with E-state index < -0.39 is 6.29 Å². The molecule has 3 nitrogen and oxygen atoms in total. The van der Waals surface area contributed by atoms with Crippen LogP contribution in [0.4, 0.5) is 0 Å². The standard InChI is InChI=1S/C11H14O3/c1-6-3-2-4-7-8-5-13-11(14-8)10(12)9(6)7/h2-3,6-9,11H,4-5H2,1H3/t6-,7+,8-,9+,11-/m0/s1. The van der Waals surface area contributed by atoms with Crippen LogP contribution in [0.5, 0.6) is 0 Å². The van der Waals surface area contributed by atoms with Crippen molar-refractivity contribution in [3.8, 4) is 0 Å². The Kier molecular flexibility index (Phi) is 1.79. The second-order valence-corrected chi connectivity index (χ2v) is 4.45. The SMILES string of the molecule is C[C@H]1C=CC[C@H]2[C@@H]1C(=O)[C@H]1OC[C@@H]2O1. The highest BCUT2D eigenvalue weighted by atomic mass is 16.7. The Labute approximate surface area is 83.1 Å². The number of hydrogen-bond donors (Lipinski definition) is 0. The molecule has 0 spiro atoms. The van der Waals surface area contributed by atoms with Gasteiger partial charge in [0.05, 0.1) is 12.7 Å². The van der Waals surface area contributed by atoms with Crippen molar-refractivity contribution in [2.45, 2.75) is 25.7 Å². The number of ketones is 1. The molecule has 0 aromatic carbocycles. The minimum atomic E-state index is -0.560. The highest BCUT2D eigenvalue weighted by Crippen LogP contribution is 2.42. The Morgan fingerprint density at radius 3 is 3.21 bits per heavy atom. The maximum atomic E-state index is 11.9. The summed E-state index contributed by atoms with van der Waals surface area (Å²) in [5, 5.41) is 0. The molecule has 76 valence electrons. The summed E-state index contributed by atoms with van der Waals surface area (Å²) in [5.74, 6) is 0.977. The van der Waals surface area contributed by atoms with Gasteiger partial charge < -0.3 is 9.47 Å². The first kappa shape index (κ1) is 8.62. The molecular weight excluding hydrogens is 180 g/mol. The van der Waals surface area contributed by atoms with Crippen LogP contribution in [0.2, 0.25) is 0 Å². The molecule has 0 aromatic rings. The van der Waals surface area contributed by atoms with E-state index in [9.17, 15) is 4.79 Å². The van der Waals surface area contributed by atoms with E-state index in [4.69, 9.17) is 9.47 Å². The van der Waals surface area contributed by atoms with Crippen LogP contribution in [-0.4, -0.2) is 24.8 Å². The monoisotopic (exact) mass is 194 g/mol. The average molecular weight is 194 g/mol. The van der Waals surface area contributed by atoms with Gasteiger partial charge in [0, 0.05) is 11.8 Å². The van der Waals surface area contributed by atoms with E-state index in [0.717, 1.165) is 6.42 Å². The molecule has 0 unspecified atom stereocenters. The van der Waals surface area contributed by atoms with E-state index >= 15 is 0 Å². The summed E-state index contributed by atoms with van der Waals surface area (Å²) < 4.78 is 10.9. The molecule has 2 aliphatic heterocycles. The molecule has 0 radical (unpaired) electrons. The third-order valence-corrected chi connectivity index (χ3v) is 3.62. The smallest absolute Gasteiger partial charge is 0.218 e. The molecule has 2 bridgehead atoms. The second-order valence-electron chi connectivity index (χ2n) is 4.45. The maximum Gasteiger partial charge on any atom is 0.218 e. The summed E-state index contributed by atoms with van der Waals surface area (Å²) in [7, 11) is 0. The average Bonchev–Trinajstić information content (AvgIpc) is 2.60. The summed E-state index contributed by atoms with van der Waals surface area (Å²) in [5.41, 5.74) is 0. The van der Waals surface area contributed by atoms with Crippen LogP contribution in [0.3, 0.4) is 0 Å². The van der Waals surface area contributed by atoms with Crippen LogP contribution in [0.25, 0.3) is 0 Å². The molecule has 3 heteroatoms. The van der Waals surface area contributed by atoms with Gasteiger partial charge in [0.15, 0.2) is 5.78 Å². The minimum absolute atomic E-state index is 0.131.